The molecule has 0 unspecified atom stereocenters. The summed E-state index contributed by atoms with van der Waals surface area (Å²) in [6.07, 6.45) is 0.127. The van der Waals surface area contributed by atoms with Crippen LogP contribution in [-0.4, -0.2) is 35.1 Å². The summed E-state index contributed by atoms with van der Waals surface area (Å²) in [5.41, 5.74) is 1.85. The largest absolute Gasteiger partial charge is 0.481 e. The Morgan fingerprint density at radius 1 is 1.29 bits per heavy atom. The van der Waals surface area contributed by atoms with Gasteiger partial charge in [-0.05, 0) is 17.0 Å². The Morgan fingerprint density at radius 2 is 1.90 bits per heavy atom. The molecule has 0 bridgehead atoms. The smallest absolute Gasteiger partial charge is 0.321 e. The third kappa shape index (κ3) is 3.74. The zero-order chi connectivity index (χ0) is 15.6. The molecular weight excluding hydrogens is 268 g/mol. The van der Waals surface area contributed by atoms with Crippen LogP contribution in [0.2, 0.25) is 0 Å². The number of amides is 2. The second kappa shape index (κ2) is 5.76. The van der Waals surface area contributed by atoms with E-state index in [0.717, 1.165) is 11.3 Å². The molecular formula is C16H22N2O3. The number of carbonyl (C=O) groups is 2. The summed E-state index contributed by atoms with van der Waals surface area (Å²) in [5, 5.41) is 11.6. The van der Waals surface area contributed by atoms with Crippen LogP contribution < -0.4 is 5.32 Å². The van der Waals surface area contributed by atoms with Crippen molar-refractivity contribution >= 4 is 17.7 Å². The predicted octanol–water partition coefficient (Wildman–Crippen LogP) is 2.92. The fourth-order valence-electron chi connectivity index (χ4n) is 2.55. The van der Waals surface area contributed by atoms with Crippen molar-refractivity contribution in [1.82, 2.24) is 4.90 Å². The summed E-state index contributed by atoms with van der Waals surface area (Å²) in [6.45, 7) is 7.32. The summed E-state index contributed by atoms with van der Waals surface area (Å²) < 4.78 is 0. The van der Waals surface area contributed by atoms with Gasteiger partial charge in [-0.25, -0.2) is 4.79 Å². The first kappa shape index (κ1) is 15.4. The molecule has 0 radical (unpaired) electrons. The number of benzene rings is 1. The molecule has 1 fully saturated rings. The molecule has 114 valence electrons. The minimum Gasteiger partial charge on any atom is -0.481 e. The molecule has 0 saturated carbocycles. The third-order valence-electron chi connectivity index (χ3n) is 3.68. The predicted molar refractivity (Wildman–Crippen MR) is 81.5 cm³/mol. The van der Waals surface area contributed by atoms with Gasteiger partial charge in [-0.3, -0.25) is 4.79 Å². The lowest BCUT2D eigenvalue weighted by molar-refractivity contribution is -0.139. The number of carboxylic acids is 1. The Hall–Kier alpha value is -2.04. The zero-order valence-electron chi connectivity index (χ0n) is 12.7. The monoisotopic (exact) mass is 290 g/mol. The number of nitrogens with one attached hydrogen (secondary N) is 1. The molecule has 5 heteroatoms. The van der Waals surface area contributed by atoms with E-state index in [9.17, 15) is 9.59 Å². The SMILES string of the molecule is CC(C)(C)c1ccccc1NC(=O)N1CC(CC(=O)O)C1. The van der Waals surface area contributed by atoms with Crippen LogP contribution in [0.3, 0.4) is 0 Å². The van der Waals surface area contributed by atoms with Gasteiger partial charge in [-0.15, -0.1) is 0 Å². The normalized spacial score (nSPS) is 15.5. The van der Waals surface area contributed by atoms with Gasteiger partial charge in [0.15, 0.2) is 0 Å². The van der Waals surface area contributed by atoms with Gasteiger partial charge < -0.3 is 15.3 Å². The van der Waals surface area contributed by atoms with Crippen molar-refractivity contribution in [1.29, 1.82) is 0 Å². The second-order valence-corrected chi connectivity index (χ2v) is 6.59. The van der Waals surface area contributed by atoms with E-state index in [2.05, 4.69) is 26.1 Å². The number of rotatable bonds is 3. The van der Waals surface area contributed by atoms with E-state index in [1.807, 2.05) is 24.3 Å². The van der Waals surface area contributed by atoms with E-state index < -0.39 is 5.97 Å². The van der Waals surface area contributed by atoms with E-state index in [1.165, 1.54) is 0 Å². The lowest BCUT2D eigenvalue weighted by atomic mass is 9.86. The van der Waals surface area contributed by atoms with Crippen LogP contribution in [0.4, 0.5) is 10.5 Å². The van der Waals surface area contributed by atoms with Crippen molar-refractivity contribution in [2.45, 2.75) is 32.6 Å². The summed E-state index contributed by atoms with van der Waals surface area (Å²) in [5.74, 6) is -0.732. The lowest BCUT2D eigenvalue weighted by Gasteiger charge is -2.38. The highest BCUT2D eigenvalue weighted by molar-refractivity contribution is 5.91. The second-order valence-electron chi connectivity index (χ2n) is 6.59. The van der Waals surface area contributed by atoms with Crippen LogP contribution in [0, 0.1) is 5.92 Å². The molecule has 0 spiro atoms. The molecule has 1 aliphatic rings. The first-order chi connectivity index (χ1) is 9.77. The van der Waals surface area contributed by atoms with Gasteiger partial charge in [0.05, 0.1) is 6.42 Å². The molecule has 1 aromatic rings. The fourth-order valence-corrected chi connectivity index (χ4v) is 2.55. The zero-order valence-corrected chi connectivity index (χ0v) is 12.7. The first-order valence-electron chi connectivity index (χ1n) is 7.14. The molecule has 21 heavy (non-hydrogen) atoms. The van der Waals surface area contributed by atoms with Crippen LogP contribution in [0.5, 0.6) is 0 Å². The molecule has 2 rings (SSSR count). The standard InChI is InChI=1S/C16H22N2O3/c1-16(2,3)12-6-4-5-7-13(12)17-15(21)18-9-11(10-18)8-14(19)20/h4-7,11H,8-10H2,1-3H3,(H,17,21)(H,19,20). The number of urea groups is 1. The molecule has 0 atom stereocenters. The number of anilines is 1. The molecule has 5 nitrogen and oxygen atoms in total. The van der Waals surface area contributed by atoms with Crippen LogP contribution in [0.1, 0.15) is 32.8 Å². The highest BCUT2D eigenvalue weighted by atomic mass is 16.4. The lowest BCUT2D eigenvalue weighted by Crippen LogP contribution is -2.52. The Balaban J connectivity index is 1.97. The van der Waals surface area contributed by atoms with Crippen molar-refractivity contribution in [2.24, 2.45) is 5.92 Å². The summed E-state index contributed by atoms with van der Waals surface area (Å²) >= 11 is 0. The van der Waals surface area contributed by atoms with Crippen molar-refractivity contribution in [2.75, 3.05) is 18.4 Å². The van der Waals surface area contributed by atoms with Gasteiger partial charge in [-0.2, -0.15) is 0 Å². The van der Waals surface area contributed by atoms with E-state index in [4.69, 9.17) is 5.11 Å². The number of carbonyl (C=O) groups excluding carboxylic acids is 1. The Kier molecular flexibility index (Phi) is 4.21. The van der Waals surface area contributed by atoms with Crippen molar-refractivity contribution in [3.8, 4) is 0 Å². The highest BCUT2D eigenvalue weighted by Crippen LogP contribution is 2.30. The molecule has 2 N–H and O–H groups in total. The van der Waals surface area contributed by atoms with Crippen LogP contribution in [-0.2, 0) is 10.2 Å². The fraction of sp³-hybridized carbons (Fsp3) is 0.500. The van der Waals surface area contributed by atoms with Crippen molar-refractivity contribution < 1.29 is 14.7 Å². The number of hydrogen-bond acceptors (Lipinski definition) is 2. The van der Waals surface area contributed by atoms with Crippen LogP contribution in [0.25, 0.3) is 0 Å². The topological polar surface area (TPSA) is 69.6 Å². The number of aliphatic carboxylic acids is 1. The summed E-state index contributed by atoms with van der Waals surface area (Å²) in [7, 11) is 0. The first-order valence-corrected chi connectivity index (χ1v) is 7.14. The third-order valence-corrected chi connectivity index (χ3v) is 3.68. The number of hydrogen-bond donors (Lipinski definition) is 2. The van der Waals surface area contributed by atoms with Crippen molar-refractivity contribution in [3.63, 3.8) is 0 Å². The molecule has 2 amide bonds. The molecule has 1 aromatic carbocycles. The summed E-state index contributed by atoms with van der Waals surface area (Å²) in [4.78, 5) is 24.4. The molecule has 1 heterocycles. The summed E-state index contributed by atoms with van der Waals surface area (Å²) in [6, 6.07) is 7.61. The van der Waals surface area contributed by atoms with Gasteiger partial charge in [0, 0.05) is 24.7 Å². The van der Waals surface area contributed by atoms with E-state index in [1.54, 1.807) is 4.90 Å². The van der Waals surface area contributed by atoms with Gasteiger partial charge in [0.25, 0.3) is 0 Å². The van der Waals surface area contributed by atoms with Crippen LogP contribution in [0.15, 0.2) is 24.3 Å². The number of nitrogens with zero attached hydrogens (tertiary/aromatic N) is 1. The van der Waals surface area contributed by atoms with E-state index >= 15 is 0 Å². The molecule has 0 aliphatic carbocycles. The highest BCUT2D eigenvalue weighted by Gasteiger charge is 2.32. The molecule has 1 aliphatic heterocycles. The quantitative estimate of drug-likeness (QED) is 0.899. The Morgan fingerprint density at radius 3 is 2.48 bits per heavy atom. The van der Waals surface area contributed by atoms with E-state index in [-0.39, 0.29) is 23.8 Å². The maximum atomic E-state index is 12.2. The van der Waals surface area contributed by atoms with Crippen LogP contribution >= 0.6 is 0 Å². The van der Waals surface area contributed by atoms with Gasteiger partial charge in [0.1, 0.15) is 0 Å². The average Bonchev–Trinajstić information content (AvgIpc) is 2.32. The van der Waals surface area contributed by atoms with Gasteiger partial charge >= 0.3 is 12.0 Å². The molecule has 1 saturated heterocycles. The van der Waals surface area contributed by atoms with Gasteiger partial charge in [-0.1, -0.05) is 39.0 Å². The number of para-hydroxylation sites is 1. The average molecular weight is 290 g/mol. The minimum absolute atomic E-state index is 0.0509. The maximum absolute atomic E-state index is 12.2. The number of carboxylic acid groups (broad SMARTS) is 1. The van der Waals surface area contributed by atoms with Crippen molar-refractivity contribution in [3.05, 3.63) is 29.8 Å². The van der Waals surface area contributed by atoms with Gasteiger partial charge in [0.2, 0.25) is 0 Å². The maximum Gasteiger partial charge on any atom is 0.321 e. The Bertz CT molecular complexity index is 543. The minimum atomic E-state index is -0.807. The molecule has 0 aromatic heterocycles. The number of likely N-dealkylation sites (tertiary alicyclic amines) is 1. The Labute approximate surface area is 125 Å². The van der Waals surface area contributed by atoms with E-state index in [0.29, 0.717) is 13.1 Å².